The molecule has 5 rings (SSSR count). The first kappa shape index (κ1) is 13.7. The molecule has 4 fully saturated rings. The van der Waals surface area contributed by atoms with Crippen LogP contribution in [0, 0.1) is 16.7 Å². The van der Waals surface area contributed by atoms with Crippen LogP contribution in [0.5, 0.6) is 0 Å². The molecule has 4 aliphatic carbocycles. The van der Waals surface area contributed by atoms with E-state index in [1.54, 1.807) is 0 Å². The Kier molecular flexibility index (Phi) is 2.64. The molecule has 1 heterocycles. The van der Waals surface area contributed by atoms with E-state index in [0.29, 0.717) is 10.8 Å². The van der Waals surface area contributed by atoms with Crippen molar-refractivity contribution in [3.8, 4) is 0 Å². The van der Waals surface area contributed by atoms with E-state index in [-0.39, 0.29) is 11.6 Å². The molecule has 1 aromatic rings. The molecule has 4 aliphatic rings. The maximum absolute atomic E-state index is 4.45. The number of rotatable bonds is 3. The molecule has 3 atom stereocenters. The smallest absolute Gasteiger partial charge is 0.168 e. The van der Waals surface area contributed by atoms with Gasteiger partial charge in [-0.05, 0) is 79.7 Å². The van der Waals surface area contributed by atoms with E-state index < -0.39 is 0 Å². The van der Waals surface area contributed by atoms with Gasteiger partial charge in [-0.15, -0.1) is 5.10 Å². The fourth-order valence-corrected chi connectivity index (χ4v) is 6.55. The predicted octanol–water partition coefficient (Wildman–Crippen LogP) is 2.66. The van der Waals surface area contributed by atoms with Crippen LogP contribution in [0.3, 0.4) is 0 Å². The van der Waals surface area contributed by atoms with Crippen molar-refractivity contribution in [1.29, 1.82) is 0 Å². The summed E-state index contributed by atoms with van der Waals surface area (Å²) in [5.74, 6) is 1.87. The zero-order chi connectivity index (χ0) is 14.9. The van der Waals surface area contributed by atoms with E-state index in [4.69, 9.17) is 0 Å². The van der Waals surface area contributed by atoms with Crippen LogP contribution < -0.4 is 5.32 Å². The lowest BCUT2D eigenvalue weighted by molar-refractivity contribution is -0.141. The van der Waals surface area contributed by atoms with E-state index in [1.807, 2.05) is 7.05 Å². The van der Waals surface area contributed by atoms with Gasteiger partial charge in [-0.3, -0.25) is 0 Å². The van der Waals surface area contributed by atoms with Gasteiger partial charge < -0.3 is 5.32 Å². The van der Waals surface area contributed by atoms with Crippen LogP contribution in [-0.4, -0.2) is 27.3 Å². The quantitative estimate of drug-likeness (QED) is 0.929. The van der Waals surface area contributed by atoms with Crippen molar-refractivity contribution >= 4 is 0 Å². The van der Waals surface area contributed by atoms with Gasteiger partial charge in [0.15, 0.2) is 5.82 Å². The molecule has 1 aromatic heterocycles. The molecule has 4 bridgehead atoms. The highest BCUT2D eigenvalue weighted by Gasteiger charge is 2.61. The lowest BCUT2D eigenvalue weighted by Crippen LogP contribution is -2.59. The Labute approximate surface area is 126 Å². The highest BCUT2D eigenvalue weighted by atomic mass is 15.6. The average molecular weight is 289 g/mol. The van der Waals surface area contributed by atoms with Gasteiger partial charge in [0, 0.05) is 0 Å². The molecule has 4 saturated carbocycles. The second kappa shape index (κ2) is 4.06. The molecular formula is C16H27N5. The number of hydrogen-bond donors (Lipinski definition) is 1. The maximum atomic E-state index is 4.45. The van der Waals surface area contributed by atoms with Crippen LogP contribution in [0.25, 0.3) is 0 Å². The van der Waals surface area contributed by atoms with E-state index in [9.17, 15) is 0 Å². The molecule has 0 spiro atoms. The van der Waals surface area contributed by atoms with E-state index in [0.717, 1.165) is 11.7 Å². The van der Waals surface area contributed by atoms with Crippen molar-refractivity contribution in [1.82, 2.24) is 25.5 Å². The Balaban J connectivity index is 1.80. The summed E-state index contributed by atoms with van der Waals surface area (Å²) in [6.45, 7) is 7.14. The molecular weight excluding hydrogens is 262 g/mol. The van der Waals surface area contributed by atoms with E-state index >= 15 is 0 Å². The highest BCUT2D eigenvalue weighted by molar-refractivity contribution is 5.14. The fourth-order valence-electron chi connectivity index (χ4n) is 6.55. The molecule has 0 amide bonds. The van der Waals surface area contributed by atoms with Gasteiger partial charge >= 0.3 is 0 Å². The Morgan fingerprint density at radius 3 is 2.38 bits per heavy atom. The zero-order valence-corrected chi connectivity index (χ0v) is 13.7. The molecule has 0 saturated heterocycles. The van der Waals surface area contributed by atoms with Gasteiger partial charge in [0.1, 0.15) is 0 Å². The van der Waals surface area contributed by atoms with Gasteiger partial charge in [0.05, 0.1) is 11.6 Å². The summed E-state index contributed by atoms with van der Waals surface area (Å²) in [4.78, 5) is 0. The third kappa shape index (κ3) is 1.89. The van der Waals surface area contributed by atoms with Crippen molar-refractivity contribution < 1.29 is 0 Å². The second-order valence-electron chi connectivity index (χ2n) is 8.81. The number of nitrogens with one attached hydrogen (secondary N) is 1. The molecule has 0 aliphatic heterocycles. The summed E-state index contributed by atoms with van der Waals surface area (Å²) < 4.78 is 2.20. The summed E-state index contributed by atoms with van der Waals surface area (Å²) in [6.07, 6.45) is 7.97. The Morgan fingerprint density at radius 2 is 1.81 bits per heavy atom. The number of hydrogen-bond acceptors (Lipinski definition) is 4. The third-order valence-corrected chi connectivity index (χ3v) is 6.36. The van der Waals surface area contributed by atoms with E-state index in [1.165, 1.54) is 38.5 Å². The zero-order valence-electron chi connectivity index (χ0n) is 13.7. The van der Waals surface area contributed by atoms with Crippen LogP contribution in [0.4, 0.5) is 0 Å². The van der Waals surface area contributed by atoms with Gasteiger partial charge in [-0.1, -0.05) is 13.8 Å². The van der Waals surface area contributed by atoms with Crippen LogP contribution in [0.2, 0.25) is 0 Å². The van der Waals surface area contributed by atoms with Gasteiger partial charge in [-0.25, -0.2) is 4.68 Å². The summed E-state index contributed by atoms with van der Waals surface area (Å²) in [5.41, 5.74) is 1.13. The maximum Gasteiger partial charge on any atom is 0.168 e. The van der Waals surface area contributed by atoms with Gasteiger partial charge in [0.2, 0.25) is 0 Å². The van der Waals surface area contributed by atoms with Crippen LogP contribution in [-0.2, 0) is 5.54 Å². The Morgan fingerprint density at radius 1 is 1.14 bits per heavy atom. The number of aromatic nitrogens is 4. The summed E-state index contributed by atoms with van der Waals surface area (Å²) in [6, 6.07) is 0.202. The molecule has 116 valence electrons. The molecule has 0 aromatic carbocycles. The minimum Gasteiger partial charge on any atom is -0.311 e. The lowest BCUT2D eigenvalue weighted by Gasteiger charge is -2.65. The molecule has 3 unspecified atom stereocenters. The normalized spacial score (nSPS) is 46.0. The first-order valence-corrected chi connectivity index (χ1v) is 8.33. The SMILES string of the molecule is CNC(C)c1nnnn1C12CC3CC(C)(CC(C)(C3)C1)C2. The topological polar surface area (TPSA) is 55.6 Å². The monoisotopic (exact) mass is 289 g/mol. The largest absolute Gasteiger partial charge is 0.311 e. The third-order valence-electron chi connectivity index (χ3n) is 6.36. The first-order valence-electron chi connectivity index (χ1n) is 8.33. The minimum absolute atomic E-state index is 0.160. The van der Waals surface area contributed by atoms with Crippen molar-refractivity contribution in [3.05, 3.63) is 5.82 Å². The lowest BCUT2D eigenvalue weighted by atomic mass is 9.43. The molecule has 1 N–H and O–H groups in total. The van der Waals surface area contributed by atoms with Crippen molar-refractivity contribution in [2.24, 2.45) is 16.7 Å². The van der Waals surface area contributed by atoms with Crippen molar-refractivity contribution in [2.45, 2.75) is 70.9 Å². The average Bonchev–Trinajstić information content (AvgIpc) is 2.83. The minimum atomic E-state index is 0.160. The molecule has 0 radical (unpaired) electrons. The Bertz CT molecular complexity index is 547. The highest BCUT2D eigenvalue weighted by Crippen LogP contribution is 2.68. The molecule has 5 nitrogen and oxygen atoms in total. The summed E-state index contributed by atoms with van der Waals surface area (Å²) in [5, 5.41) is 16.1. The van der Waals surface area contributed by atoms with Crippen molar-refractivity contribution in [2.75, 3.05) is 7.05 Å². The van der Waals surface area contributed by atoms with E-state index in [2.05, 4.69) is 46.3 Å². The fraction of sp³-hybridized carbons (Fsp3) is 0.938. The number of nitrogens with zero attached hydrogens (tertiary/aromatic N) is 4. The Hall–Kier alpha value is -0.970. The summed E-state index contributed by atoms with van der Waals surface area (Å²) >= 11 is 0. The van der Waals surface area contributed by atoms with Gasteiger partial charge in [0.25, 0.3) is 0 Å². The molecule has 5 heteroatoms. The van der Waals surface area contributed by atoms with Crippen molar-refractivity contribution in [3.63, 3.8) is 0 Å². The standard InChI is InChI=1S/C16H27N5/c1-11(17-4)13-18-19-20-21(13)16-7-12-5-14(2,9-16)8-15(3,6-12)10-16/h11-12,17H,5-10H2,1-4H3. The summed E-state index contributed by atoms with van der Waals surface area (Å²) in [7, 11) is 1.98. The van der Waals surface area contributed by atoms with Crippen LogP contribution in [0.1, 0.15) is 71.2 Å². The van der Waals surface area contributed by atoms with Crippen LogP contribution in [0.15, 0.2) is 0 Å². The van der Waals surface area contributed by atoms with Crippen LogP contribution >= 0.6 is 0 Å². The van der Waals surface area contributed by atoms with Gasteiger partial charge in [-0.2, -0.15) is 0 Å². The molecule has 21 heavy (non-hydrogen) atoms. The second-order valence-corrected chi connectivity index (χ2v) is 8.81. The predicted molar refractivity (Wildman–Crippen MR) is 80.7 cm³/mol. The first-order chi connectivity index (χ1) is 9.87. The number of tetrazole rings is 1.